The SMILES string of the molecule is CCOC(=O)CN(Cc1nccn1C)Cc1nccn1C. The van der Waals surface area contributed by atoms with Gasteiger partial charge in [-0.1, -0.05) is 0 Å². The number of carbonyl (C=O) groups excluding carboxylic acids is 1. The lowest BCUT2D eigenvalue weighted by Crippen LogP contribution is -2.32. The van der Waals surface area contributed by atoms with Crippen molar-refractivity contribution >= 4 is 5.97 Å². The molecule has 0 saturated heterocycles. The molecule has 0 saturated carbocycles. The van der Waals surface area contributed by atoms with Crippen LogP contribution in [-0.2, 0) is 36.7 Å². The average molecular weight is 291 g/mol. The molecule has 0 aliphatic heterocycles. The lowest BCUT2D eigenvalue weighted by molar-refractivity contribution is -0.144. The molecule has 2 aromatic rings. The van der Waals surface area contributed by atoms with E-state index in [1.165, 1.54) is 0 Å². The van der Waals surface area contributed by atoms with Crippen LogP contribution in [-0.4, -0.2) is 43.1 Å². The molecule has 0 amide bonds. The van der Waals surface area contributed by atoms with Gasteiger partial charge in [0.2, 0.25) is 0 Å². The van der Waals surface area contributed by atoms with E-state index in [0.717, 1.165) is 11.6 Å². The summed E-state index contributed by atoms with van der Waals surface area (Å²) < 4.78 is 8.92. The number of aromatic nitrogens is 4. The van der Waals surface area contributed by atoms with Crippen molar-refractivity contribution < 1.29 is 9.53 Å². The second kappa shape index (κ2) is 7.03. The minimum Gasteiger partial charge on any atom is -0.465 e. The molecule has 2 rings (SSSR count). The fourth-order valence-electron chi connectivity index (χ4n) is 2.05. The zero-order chi connectivity index (χ0) is 15.2. The molecule has 2 heterocycles. The van der Waals surface area contributed by atoms with Gasteiger partial charge in [-0.25, -0.2) is 9.97 Å². The van der Waals surface area contributed by atoms with Gasteiger partial charge in [0, 0.05) is 38.9 Å². The largest absolute Gasteiger partial charge is 0.465 e. The molecule has 0 atom stereocenters. The summed E-state index contributed by atoms with van der Waals surface area (Å²) in [6.45, 7) is 3.54. The molecule has 0 aromatic carbocycles. The van der Waals surface area contributed by atoms with E-state index >= 15 is 0 Å². The Morgan fingerprint density at radius 3 is 2.05 bits per heavy atom. The monoisotopic (exact) mass is 291 g/mol. The standard InChI is InChI=1S/C14H21N5O2/c1-4-21-14(20)11-19(9-12-15-5-7-17(12)2)10-13-16-6-8-18(13)3/h5-8H,4,9-11H2,1-3H3. The van der Waals surface area contributed by atoms with Crippen LogP contribution in [0.2, 0.25) is 0 Å². The summed E-state index contributed by atoms with van der Waals surface area (Å²) >= 11 is 0. The van der Waals surface area contributed by atoms with Crippen LogP contribution in [0.25, 0.3) is 0 Å². The molecule has 0 aliphatic rings. The van der Waals surface area contributed by atoms with Crippen molar-refractivity contribution in [2.24, 2.45) is 14.1 Å². The number of rotatable bonds is 7. The zero-order valence-electron chi connectivity index (χ0n) is 12.7. The molecule has 114 valence electrons. The van der Waals surface area contributed by atoms with Crippen molar-refractivity contribution in [3.05, 3.63) is 36.4 Å². The van der Waals surface area contributed by atoms with Gasteiger partial charge in [0.05, 0.1) is 26.2 Å². The van der Waals surface area contributed by atoms with Gasteiger partial charge in [-0.2, -0.15) is 0 Å². The first-order valence-electron chi connectivity index (χ1n) is 6.90. The summed E-state index contributed by atoms with van der Waals surface area (Å²) in [6, 6.07) is 0. The maximum atomic E-state index is 11.8. The van der Waals surface area contributed by atoms with Crippen molar-refractivity contribution in [1.29, 1.82) is 0 Å². The predicted molar refractivity (Wildman–Crippen MR) is 77.2 cm³/mol. The molecule has 0 N–H and O–H groups in total. The summed E-state index contributed by atoms with van der Waals surface area (Å²) in [4.78, 5) is 22.3. The van der Waals surface area contributed by atoms with Crippen molar-refractivity contribution in [3.8, 4) is 0 Å². The van der Waals surface area contributed by atoms with Gasteiger partial charge in [0.25, 0.3) is 0 Å². The Labute approximate surface area is 124 Å². The third-order valence-corrected chi connectivity index (χ3v) is 3.23. The number of nitrogens with zero attached hydrogens (tertiary/aromatic N) is 5. The molecule has 0 unspecified atom stereocenters. The zero-order valence-corrected chi connectivity index (χ0v) is 12.7. The molecular formula is C14H21N5O2. The summed E-state index contributed by atoms with van der Waals surface area (Å²) in [5.74, 6) is 1.56. The van der Waals surface area contributed by atoms with Crippen LogP contribution in [0.4, 0.5) is 0 Å². The first kappa shape index (κ1) is 15.2. The number of hydrogen-bond acceptors (Lipinski definition) is 5. The Morgan fingerprint density at radius 1 is 1.14 bits per heavy atom. The van der Waals surface area contributed by atoms with Crippen LogP contribution in [0.15, 0.2) is 24.8 Å². The fourth-order valence-corrected chi connectivity index (χ4v) is 2.05. The number of carbonyl (C=O) groups is 1. The van der Waals surface area contributed by atoms with E-state index in [1.807, 2.05) is 40.5 Å². The minimum absolute atomic E-state index is 0.216. The van der Waals surface area contributed by atoms with Crippen LogP contribution in [0.1, 0.15) is 18.6 Å². The van der Waals surface area contributed by atoms with Crippen molar-refractivity contribution in [1.82, 2.24) is 24.0 Å². The molecule has 0 aliphatic carbocycles. The highest BCUT2D eigenvalue weighted by Gasteiger charge is 2.16. The molecular weight excluding hydrogens is 270 g/mol. The van der Waals surface area contributed by atoms with Crippen molar-refractivity contribution in [2.75, 3.05) is 13.2 Å². The molecule has 0 spiro atoms. The number of imidazole rings is 2. The van der Waals surface area contributed by atoms with E-state index in [0.29, 0.717) is 19.7 Å². The van der Waals surface area contributed by atoms with E-state index in [-0.39, 0.29) is 12.5 Å². The Morgan fingerprint density at radius 2 is 1.67 bits per heavy atom. The summed E-state index contributed by atoms with van der Waals surface area (Å²) in [5, 5.41) is 0. The average Bonchev–Trinajstić information content (AvgIpc) is 3.00. The van der Waals surface area contributed by atoms with Crippen LogP contribution < -0.4 is 0 Å². The molecule has 7 heteroatoms. The van der Waals surface area contributed by atoms with Crippen LogP contribution in [0.3, 0.4) is 0 Å². The minimum atomic E-state index is -0.235. The molecule has 21 heavy (non-hydrogen) atoms. The number of ether oxygens (including phenoxy) is 1. The maximum Gasteiger partial charge on any atom is 0.320 e. The van der Waals surface area contributed by atoms with Gasteiger partial charge in [-0.15, -0.1) is 0 Å². The topological polar surface area (TPSA) is 65.2 Å². The third kappa shape index (κ3) is 4.16. The molecule has 0 fully saturated rings. The summed E-state index contributed by atoms with van der Waals surface area (Å²) in [7, 11) is 3.87. The third-order valence-electron chi connectivity index (χ3n) is 3.23. The fraction of sp³-hybridized carbons (Fsp3) is 0.500. The van der Waals surface area contributed by atoms with Gasteiger partial charge >= 0.3 is 5.97 Å². The van der Waals surface area contributed by atoms with E-state index in [9.17, 15) is 4.79 Å². The van der Waals surface area contributed by atoms with E-state index in [4.69, 9.17) is 4.74 Å². The molecule has 0 bridgehead atoms. The Hall–Kier alpha value is -2.15. The Balaban J connectivity index is 2.08. The Bertz CT molecular complexity index is 547. The van der Waals surface area contributed by atoms with Crippen LogP contribution in [0, 0.1) is 0 Å². The van der Waals surface area contributed by atoms with Crippen molar-refractivity contribution in [3.63, 3.8) is 0 Å². The predicted octanol–water partition coefficient (Wildman–Crippen LogP) is 0.719. The second-order valence-corrected chi connectivity index (χ2v) is 4.86. The first-order valence-corrected chi connectivity index (χ1v) is 6.90. The van der Waals surface area contributed by atoms with E-state index in [2.05, 4.69) is 9.97 Å². The smallest absolute Gasteiger partial charge is 0.320 e. The number of esters is 1. The first-order chi connectivity index (χ1) is 10.1. The molecule has 7 nitrogen and oxygen atoms in total. The highest BCUT2D eigenvalue weighted by Crippen LogP contribution is 2.07. The van der Waals surface area contributed by atoms with E-state index < -0.39 is 0 Å². The lowest BCUT2D eigenvalue weighted by Gasteiger charge is -2.20. The summed E-state index contributed by atoms with van der Waals surface area (Å²) in [6.07, 6.45) is 7.27. The maximum absolute atomic E-state index is 11.8. The molecule has 0 radical (unpaired) electrons. The highest BCUT2D eigenvalue weighted by molar-refractivity contribution is 5.71. The highest BCUT2D eigenvalue weighted by atomic mass is 16.5. The van der Waals surface area contributed by atoms with Crippen LogP contribution in [0.5, 0.6) is 0 Å². The van der Waals surface area contributed by atoms with Gasteiger partial charge in [0.1, 0.15) is 11.6 Å². The van der Waals surface area contributed by atoms with Gasteiger partial charge < -0.3 is 13.9 Å². The lowest BCUT2D eigenvalue weighted by atomic mass is 10.4. The molecule has 2 aromatic heterocycles. The van der Waals surface area contributed by atoms with E-state index in [1.54, 1.807) is 19.3 Å². The van der Waals surface area contributed by atoms with Crippen molar-refractivity contribution in [2.45, 2.75) is 20.0 Å². The number of aryl methyl sites for hydroxylation is 2. The normalized spacial score (nSPS) is 11.0. The van der Waals surface area contributed by atoms with Crippen LogP contribution >= 0.6 is 0 Å². The van der Waals surface area contributed by atoms with Gasteiger partial charge in [-0.3, -0.25) is 9.69 Å². The van der Waals surface area contributed by atoms with Gasteiger partial charge in [-0.05, 0) is 6.92 Å². The Kier molecular flexibility index (Phi) is 5.10. The quantitative estimate of drug-likeness (QED) is 0.703. The summed E-state index contributed by atoms with van der Waals surface area (Å²) in [5.41, 5.74) is 0. The van der Waals surface area contributed by atoms with Gasteiger partial charge in [0.15, 0.2) is 0 Å². The number of hydrogen-bond donors (Lipinski definition) is 0. The second-order valence-electron chi connectivity index (χ2n) is 4.86.